The summed E-state index contributed by atoms with van der Waals surface area (Å²) in [6.45, 7) is 0.769. The minimum atomic E-state index is -1.34. The molecule has 0 aliphatic carbocycles. The van der Waals surface area contributed by atoms with Gasteiger partial charge in [-0.25, -0.2) is 4.39 Å². The first-order valence-corrected chi connectivity index (χ1v) is 4.99. The Morgan fingerprint density at radius 2 is 2.19 bits per heavy atom. The quantitative estimate of drug-likeness (QED) is 0.766. The van der Waals surface area contributed by atoms with Crippen LogP contribution in [0.2, 0.25) is 0 Å². The number of aromatic hydroxyl groups is 1. The lowest BCUT2D eigenvalue weighted by molar-refractivity contribution is 0.394. The number of hydrogen-bond donors (Lipinski definition) is 2. The second-order valence-corrected chi connectivity index (χ2v) is 3.75. The highest BCUT2D eigenvalue weighted by Gasteiger charge is 2.25. The fourth-order valence-electron chi connectivity index (χ4n) is 1.93. The highest BCUT2D eigenvalue weighted by molar-refractivity contribution is 5.45. The third-order valence-corrected chi connectivity index (χ3v) is 2.77. The van der Waals surface area contributed by atoms with E-state index in [4.69, 9.17) is 5.26 Å². The van der Waals surface area contributed by atoms with Crippen molar-refractivity contribution in [3.8, 4) is 11.8 Å². The lowest BCUT2D eigenvalue weighted by Crippen LogP contribution is -2.14. The maximum atomic E-state index is 13.3. The summed E-state index contributed by atoms with van der Waals surface area (Å²) in [6.07, 6.45) is 1.65. The zero-order valence-electron chi connectivity index (χ0n) is 8.43. The molecule has 2 rings (SSSR count). The van der Waals surface area contributed by atoms with Gasteiger partial charge in [0, 0.05) is 11.6 Å². The largest absolute Gasteiger partial charge is 0.505 e. The van der Waals surface area contributed by atoms with Gasteiger partial charge in [-0.1, -0.05) is 0 Å². The van der Waals surface area contributed by atoms with Crippen LogP contribution in [0.25, 0.3) is 0 Å². The number of nitrogens with zero attached hydrogens (tertiary/aromatic N) is 1. The molecular formula is C11H10F2N2O. The van der Waals surface area contributed by atoms with Crippen LogP contribution in [0.3, 0.4) is 0 Å². The average molecular weight is 224 g/mol. The SMILES string of the molecule is N#Cc1cc([C@H]2CCCN2)c(O)c(F)c1F. The molecule has 5 heteroatoms. The Labute approximate surface area is 91.3 Å². The molecule has 3 nitrogen and oxygen atoms in total. The van der Waals surface area contributed by atoms with E-state index in [0.717, 1.165) is 19.4 Å². The van der Waals surface area contributed by atoms with E-state index in [9.17, 15) is 13.9 Å². The maximum Gasteiger partial charge on any atom is 0.202 e. The first kappa shape index (κ1) is 10.8. The fraction of sp³-hybridized carbons (Fsp3) is 0.364. The van der Waals surface area contributed by atoms with Gasteiger partial charge in [-0.2, -0.15) is 9.65 Å². The molecule has 0 unspecified atom stereocenters. The lowest BCUT2D eigenvalue weighted by atomic mass is 10.0. The van der Waals surface area contributed by atoms with Crippen LogP contribution < -0.4 is 5.32 Å². The summed E-state index contributed by atoms with van der Waals surface area (Å²) < 4.78 is 26.4. The zero-order chi connectivity index (χ0) is 11.7. The van der Waals surface area contributed by atoms with Crippen LogP contribution in [0.5, 0.6) is 5.75 Å². The van der Waals surface area contributed by atoms with E-state index in [1.165, 1.54) is 6.07 Å². The smallest absolute Gasteiger partial charge is 0.202 e. The number of nitrogens with one attached hydrogen (secondary N) is 1. The van der Waals surface area contributed by atoms with Gasteiger partial charge in [0.2, 0.25) is 5.82 Å². The molecule has 16 heavy (non-hydrogen) atoms. The molecule has 2 N–H and O–H groups in total. The summed E-state index contributed by atoms with van der Waals surface area (Å²) in [6, 6.07) is 2.57. The molecule has 0 saturated carbocycles. The Hall–Kier alpha value is -1.67. The second-order valence-electron chi connectivity index (χ2n) is 3.75. The summed E-state index contributed by atoms with van der Waals surface area (Å²) in [5.41, 5.74) is -0.119. The average Bonchev–Trinajstić information content (AvgIpc) is 2.80. The molecule has 0 bridgehead atoms. The lowest BCUT2D eigenvalue weighted by Gasteiger charge is -2.13. The molecule has 1 heterocycles. The Bertz CT molecular complexity index is 462. The number of nitriles is 1. The van der Waals surface area contributed by atoms with Crippen molar-refractivity contribution in [2.24, 2.45) is 0 Å². The van der Waals surface area contributed by atoms with Gasteiger partial charge in [-0.3, -0.25) is 0 Å². The second kappa shape index (κ2) is 4.06. The van der Waals surface area contributed by atoms with Crippen LogP contribution in [0.4, 0.5) is 8.78 Å². The van der Waals surface area contributed by atoms with Gasteiger partial charge in [0.15, 0.2) is 11.6 Å². The predicted molar refractivity (Wildman–Crippen MR) is 52.7 cm³/mol. The number of benzene rings is 1. The van der Waals surface area contributed by atoms with Crippen molar-refractivity contribution >= 4 is 0 Å². The topological polar surface area (TPSA) is 56.0 Å². The first-order valence-electron chi connectivity index (χ1n) is 4.99. The molecule has 1 aliphatic heterocycles. The van der Waals surface area contributed by atoms with Gasteiger partial charge in [-0.15, -0.1) is 0 Å². The van der Waals surface area contributed by atoms with Gasteiger partial charge < -0.3 is 10.4 Å². The number of hydrogen-bond acceptors (Lipinski definition) is 3. The molecule has 1 aromatic rings. The van der Waals surface area contributed by atoms with Crippen molar-refractivity contribution in [1.82, 2.24) is 5.32 Å². The van der Waals surface area contributed by atoms with Crippen molar-refractivity contribution in [2.45, 2.75) is 18.9 Å². The van der Waals surface area contributed by atoms with Gasteiger partial charge in [0.25, 0.3) is 0 Å². The number of phenols is 1. The molecule has 0 aromatic heterocycles. The third kappa shape index (κ3) is 1.61. The monoisotopic (exact) mass is 224 g/mol. The van der Waals surface area contributed by atoms with Crippen molar-refractivity contribution in [3.63, 3.8) is 0 Å². The standard InChI is InChI=1S/C11H10F2N2O/c12-9-6(5-14)4-7(11(16)10(9)13)8-2-1-3-15-8/h4,8,15-16H,1-3H2/t8-/m1/s1. The van der Waals surface area contributed by atoms with E-state index in [1.54, 1.807) is 6.07 Å². The summed E-state index contributed by atoms with van der Waals surface area (Å²) in [5.74, 6) is -3.33. The Morgan fingerprint density at radius 1 is 1.44 bits per heavy atom. The van der Waals surface area contributed by atoms with E-state index in [2.05, 4.69) is 5.32 Å². The summed E-state index contributed by atoms with van der Waals surface area (Å²) in [4.78, 5) is 0. The van der Waals surface area contributed by atoms with Crippen molar-refractivity contribution in [2.75, 3.05) is 6.54 Å². The molecule has 0 amide bonds. The molecule has 0 radical (unpaired) electrons. The molecule has 1 saturated heterocycles. The zero-order valence-corrected chi connectivity index (χ0v) is 8.43. The van der Waals surface area contributed by atoms with Crippen LogP contribution in [0.1, 0.15) is 30.0 Å². The molecule has 0 spiro atoms. The first-order chi connectivity index (χ1) is 7.65. The molecule has 1 aromatic carbocycles. The Morgan fingerprint density at radius 3 is 2.75 bits per heavy atom. The van der Waals surface area contributed by atoms with Gasteiger partial charge in [-0.05, 0) is 25.5 Å². The van der Waals surface area contributed by atoms with Crippen molar-refractivity contribution in [3.05, 3.63) is 28.8 Å². The van der Waals surface area contributed by atoms with E-state index in [1.807, 2.05) is 0 Å². The molecule has 1 aliphatic rings. The molecule has 84 valence electrons. The normalized spacial score (nSPS) is 19.7. The van der Waals surface area contributed by atoms with Crippen LogP contribution in [-0.2, 0) is 0 Å². The van der Waals surface area contributed by atoms with Crippen LogP contribution in [0, 0.1) is 23.0 Å². The molecular weight excluding hydrogens is 214 g/mol. The molecule has 1 fully saturated rings. The van der Waals surface area contributed by atoms with E-state index in [-0.39, 0.29) is 17.2 Å². The van der Waals surface area contributed by atoms with Crippen LogP contribution >= 0.6 is 0 Å². The Kier molecular flexibility index (Phi) is 2.75. The van der Waals surface area contributed by atoms with Crippen LogP contribution in [0.15, 0.2) is 6.07 Å². The van der Waals surface area contributed by atoms with E-state index >= 15 is 0 Å². The highest BCUT2D eigenvalue weighted by atomic mass is 19.2. The van der Waals surface area contributed by atoms with Crippen LogP contribution in [-0.4, -0.2) is 11.7 Å². The van der Waals surface area contributed by atoms with Gasteiger partial charge in [0.1, 0.15) is 6.07 Å². The van der Waals surface area contributed by atoms with Crippen molar-refractivity contribution in [1.29, 1.82) is 5.26 Å². The van der Waals surface area contributed by atoms with Gasteiger partial charge >= 0.3 is 0 Å². The Balaban J connectivity index is 2.53. The maximum absolute atomic E-state index is 13.3. The minimum Gasteiger partial charge on any atom is -0.505 e. The number of phenolic OH excluding ortho intramolecular Hbond substituents is 1. The summed E-state index contributed by atoms with van der Waals surface area (Å²) >= 11 is 0. The van der Waals surface area contributed by atoms with E-state index in [0.29, 0.717) is 0 Å². The minimum absolute atomic E-state index is 0.206. The fourth-order valence-corrected chi connectivity index (χ4v) is 1.93. The number of rotatable bonds is 1. The molecule has 1 atom stereocenters. The van der Waals surface area contributed by atoms with E-state index < -0.39 is 17.4 Å². The summed E-state index contributed by atoms with van der Waals surface area (Å²) in [5, 5.41) is 21.2. The highest BCUT2D eigenvalue weighted by Crippen LogP contribution is 2.34. The summed E-state index contributed by atoms with van der Waals surface area (Å²) in [7, 11) is 0. The van der Waals surface area contributed by atoms with Crippen molar-refractivity contribution < 1.29 is 13.9 Å². The van der Waals surface area contributed by atoms with Gasteiger partial charge in [0.05, 0.1) is 5.56 Å². The predicted octanol–water partition coefficient (Wildman–Crippen LogP) is 1.97. The number of halogens is 2. The third-order valence-electron chi connectivity index (χ3n) is 2.77.